The van der Waals surface area contributed by atoms with E-state index in [-0.39, 0.29) is 13.0 Å². The molecule has 20 heavy (non-hydrogen) atoms. The first-order valence-electron chi connectivity index (χ1n) is 6.38. The van der Waals surface area contributed by atoms with Gasteiger partial charge in [0, 0.05) is 12.0 Å². The molecule has 0 heterocycles. The standard InChI is InChI=1S/C14H16F4O2/c1-3-5-6-10(19)9-7-8-11(20-4-2)13(15)12(9)14(16,17)18/h7-8H,3-6H2,1-2H3. The van der Waals surface area contributed by atoms with Gasteiger partial charge in [0.05, 0.1) is 6.61 Å². The van der Waals surface area contributed by atoms with Crippen molar-refractivity contribution in [2.24, 2.45) is 0 Å². The number of hydrogen-bond donors (Lipinski definition) is 0. The second kappa shape index (κ2) is 6.72. The summed E-state index contributed by atoms with van der Waals surface area (Å²) in [6.07, 6.45) is -3.83. The maximum absolute atomic E-state index is 13.9. The topological polar surface area (TPSA) is 26.3 Å². The molecule has 0 aliphatic heterocycles. The fraction of sp³-hybridized carbons (Fsp3) is 0.500. The number of carbonyl (C=O) groups is 1. The lowest BCUT2D eigenvalue weighted by Gasteiger charge is -2.15. The Morgan fingerprint density at radius 2 is 1.90 bits per heavy atom. The highest BCUT2D eigenvalue weighted by Gasteiger charge is 2.39. The molecule has 0 saturated heterocycles. The summed E-state index contributed by atoms with van der Waals surface area (Å²) in [7, 11) is 0. The van der Waals surface area contributed by atoms with E-state index >= 15 is 0 Å². The van der Waals surface area contributed by atoms with E-state index in [1.165, 1.54) is 6.92 Å². The summed E-state index contributed by atoms with van der Waals surface area (Å²) in [4.78, 5) is 11.8. The number of benzene rings is 1. The molecule has 0 atom stereocenters. The third-order valence-corrected chi connectivity index (χ3v) is 2.75. The van der Waals surface area contributed by atoms with Crippen molar-refractivity contribution in [3.63, 3.8) is 0 Å². The summed E-state index contributed by atoms with van der Waals surface area (Å²) in [5, 5.41) is 0. The van der Waals surface area contributed by atoms with E-state index < -0.39 is 34.7 Å². The van der Waals surface area contributed by atoms with Crippen LogP contribution in [0.5, 0.6) is 5.75 Å². The van der Waals surface area contributed by atoms with Gasteiger partial charge in [0.2, 0.25) is 0 Å². The van der Waals surface area contributed by atoms with Gasteiger partial charge in [-0.3, -0.25) is 4.79 Å². The lowest BCUT2D eigenvalue weighted by atomic mass is 9.98. The van der Waals surface area contributed by atoms with Gasteiger partial charge in [-0.25, -0.2) is 4.39 Å². The Bertz CT molecular complexity index is 481. The van der Waals surface area contributed by atoms with Crippen molar-refractivity contribution >= 4 is 5.78 Å². The van der Waals surface area contributed by atoms with Crippen molar-refractivity contribution < 1.29 is 27.1 Å². The molecule has 0 fully saturated rings. The van der Waals surface area contributed by atoms with E-state index in [0.29, 0.717) is 12.8 Å². The average molecular weight is 292 g/mol. The zero-order chi connectivity index (χ0) is 15.3. The summed E-state index contributed by atoms with van der Waals surface area (Å²) in [5.41, 5.74) is -2.17. The highest BCUT2D eigenvalue weighted by molar-refractivity contribution is 5.97. The zero-order valence-corrected chi connectivity index (χ0v) is 11.3. The second-order valence-corrected chi connectivity index (χ2v) is 4.26. The van der Waals surface area contributed by atoms with Gasteiger partial charge in [-0.15, -0.1) is 0 Å². The van der Waals surface area contributed by atoms with Crippen LogP contribution < -0.4 is 4.74 Å². The average Bonchev–Trinajstić information content (AvgIpc) is 2.36. The molecule has 1 rings (SSSR count). The van der Waals surface area contributed by atoms with Gasteiger partial charge in [0.15, 0.2) is 17.3 Å². The molecule has 0 saturated carbocycles. The predicted octanol–water partition coefficient (Wildman–Crippen LogP) is 4.62. The molecule has 1 aromatic carbocycles. The number of alkyl halides is 3. The van der Waals surface area contributed by atoms with Crippen LogP contribution in [0.1, 0.15) is 49.0 Å². The van der Waals surface area contributed by atoms with Crippen molar-refractivity contribution in [1.29, 1.82) is 0 Å². The SMILES string of the molecule is CCCCC(=O)c1ccc(OCC)c(F)c1C(F)(F)F. The van der Waals surface area contributed by atoms with Crippen LogP contribution in [0.4, 0.5) is 17.6 Å². The Hall–Kier alpha value is -1.59. The molecule has 2 nitrogen and oxygen atoms in total. The smallest absolute Gasteiger partial charge is 0.420 e. The molecule has 0 amide bonds. The number of rotatable bonds is 6. The molecule has 1 aromatic rings. The largest absolute Gasteiger partial charge is 0.491 e. The van der Waals surface area contributed by atoms with Crippen LogP contribution >= 0.6 is 0 Å². The van der Waals surface area contributed by atoms with Crippen LogP contribution in [0.25, 0.3) is 0 Å². The molecule has 6 heteroatoms. The predicted molar refractivity (Wildman–Crippen MR) is 66.4 cm³/mol. The molecule has 0 bridgehead atoms. The number of ether oxygens (including phenoxy) is 1. The highest BCUT2D eigenvalue weighted by Crippen LogP contribution is 2.38. The monoisotopic (exact) mass is 292 g/mol. The van der Waals surface area contributed by atoms with Crippen molar-refractivity contribution in [2.75, 3.05) is 6.61 Å². The van der Waals surface area contributed by atoms with Gasteiger partial charge < -0.3 is 4.74 Å². The van der Waals surface area contributed by atoms with Gasteiger partial charge in [-0.05, 0) is 25.5 Å². The summed E-state index contributed by atoms with van der Waals surface area (Å²) < 4.78 is 57.6. The van der Waals surface area contributed by atoms with Gasteiger partial charge in [-0.2, -0.15) is 13.2 Å². The number of carbonyl (C=O) groups excluding carboxylic acids is 1. The van der Waals surface area contributed by atoms with Crippen LogP contribution in [0, 0.1) is 5.82 Å². The Labute approximate surface area is 114 Å². The molecular weight excluding hydrogens is 276 g/mol. The van der Waals surface area contributed by atoms with Crippen LogP contribution in [0.15, 0.2) is 12.1 Å². The summed E-state index contributed by atoms with van der Waals surface area (Å²) in [5.74, 6) is -2.73. The summed E-state index contributed by atoms with van der Waals surface area (Å²) >= 11 is 0. The Morgan fingerprint density at radius 1 is 1.25 bits per heavy atom. The summed E-state index contributed by atoms with van der Waals surface area (Å²) in [6, 6.07) is 2.04. The lowest BCUT2D eigenvalue weighted by Crippen LogP contribution is -2.16. The summed E-state index contributed by atoms with van der Waals surface area (Å²) in [6.45, 7) is 3.39. The second-order valence-electron chi connectivity index (χ2n) is 4.26. The third kappa shape index (κ3) is 3.71. The molecule has 0 aliphatic carbocycles. The number of unbranched alkanes of at least 4 members (excludes halogenated alkanes) is 1. The number of Topliss-reactive ketones (excluding diaryl/α,β-unsaturated/α-hetero) is 1. The van der Waals surface area contributed by atoms with Gasteiger partial charge in [-0.1, -0.05) is 13.3 Å². The van der Waals surface area contributed by atoms with E-state index in [1.807, 2.05) is 6.92 Å². The first kappa shape index (κ1) is 16.5. The molecular formula is C14H16F4O2. The lowest BCUT2D eigenvalue weighted by molar-refractivity contribution is -0.140. The normalized spacial score (nSPS) is 11.5. The van der Waals surface area contributed by atoms with Crippen LogP contribution in [0.2, 0.25) is 0 Å². The molecule has 0 unspecified atom stereocenters. The van der Waals surface area contributed by atoms with Crippen molar-refractivity contribution in [2.45, 2.75) is 39.3 Å². The first-order valence-corrected chi connectivity index (χ1v) is 6.38. The first-order chi connectivity index (χ1) is 9.32. The maximum atomic E-state index is 13.9. The fourth-order valence-electron chi connectivity index (χ4n) is 1.81. The fourth-order valence-corrected chi connectivity index (χ4v) is 1.81. The maximum Gasteiger partial charge on any atom is 0.420 e. The minimum Gasteiger partial charge on any atom is -0.491 e. The minimum absolute atomic E-state index is 0.0347. The van der Waals surface area contributed by atoms with Crippen LogP contribution in [-0.2, 0) is 6.18 Å². The molecule has 0 aromatic heterocycles. The van der Waals surface area contributed by atoms with Crippen molar-refractivity contribution in [1.82, 2.24) is 0 Å². The van der Waals surface area contributed by atoms with Gasteiger partial charge in [0.1, 0.15) is 5.56 Å². The van der Waals surface area contributed by atoms with E-state index in [0.717, 1.165) is 12.1 Å². The van der Waals surface area contributed by atoms with Crippen LogP contribution in [0.3, 0.4) is 0 Å². The quantitative estimate of drug-likeness (QED) is 0.565. The van der Waals surface area contributed by atoms with E-state index in [1.54, 1.807) is 0 Å². The Morgan fingerprint density at radius 3 is 2.40 bits per heavy atom. The molecule has 0 spiro atoms. The molecule has 112 valence electrons. The van der Waals surface area contributed by atoms with E-state index in [4.69, 9.17) is 4.74 Å². The zero-order valence-electron chi connectivity index (χ0n) is 11.3. The van der Waals surface area contributed by atoms with Crippen LogP contribution in [-0.4, -0.2) is 12.4 Å². The highest BCUT2D eigenvalue weighted by atomic mass is 19.4. The van der Waals surface area contributed by atoms with Crippen molar-refractivity contribution in [3.8, 4) is 5.75 Å². The Kier molecular flexibility index (Phi) is 5.53. The third-order valence-electron chi connectivity index (χ3n) is 2.75. The minimum atomic E-state index is -4.94. The number of ketones is 1. The van der Waals surface area contributed by atoms with Crippen molar-refractivity contribution in [3.05, 3.63) is 29.1 Å². The molecule has 0 aliphatic rings. The molecule has 0 N–H and O–H groups in total. The van der Waals surface area contributed by atoms with Gasteiger partial charge in [0.25, 0.3) is 0 Å². The Balaban J connectivity index is 3.31. The van der Waals surface area contributed by atoms with E-state index in [9.17, 15) is 22.4 Å². The molecule has 0 radical (unpaired) electrons. The number of hydrogen-bond acceptors (Lipinski definition) is 2. The number of halogens is 4. The van der Waals surface area contributed by atoms with E-state index in [2.05, 4.69) is 0 Å². The van der Waals surface area contributed by atoms with Gasteiger partial charge >= 0.3 is 6.18 Å².